The van der Waals surface area contributed by atoms with Crippen LogP contribution in [0.15, 0.2) is 18.2 Å². The van der Waals surface area contributed by atoms with Gasteiger partial charge in [0, 0.05) is 5.56 Å². The van der Waals surface area contributed by atoms with Gasteiger partial charge in [-0.2, -0.15) is 0 Å². The van der Waals surface area contributed by atoms with Gasteiger partial charge in [-0.1, -0.05) is 28.1 Å². The van der Waals surface area contributed by atoms with Crippen LogP contribution >= 0.6 is 15.9 Å². The Bertz CT molecular complexity index is 329. The molecule has 0 radical (unpaired) electrons. The van der Waals surface area contributed by atoms with E-state index >= 15 is 0 Å². The predicted octanol–water partition coefficient (Wildman–Crippen LogP) is 3.27. The number of alkyl halides is 1. The molecule has 1 rings (SSSR count). The zero-order chi connectivity index (χ0) is 10.0. The van der Waals surface area contributed by atoms with E-state index in [1.807, 2.05) is 39.0 Å². The van der Waals surface area contributed by atoms with Gasteiger partial charge in [0.1, 0.15) is 0 Å². The second-order valence-corrected chi connectivity index (χ2v) is 4.65. The van der Waals surface area contributed by atoms with Crippen LogP contribution in [0.3, 0.4) is 0 Å². The van der Waals surface area contributed by atoms with Crippen molar-refractivity contribution in [3.05, 3.63) is 34.9 Å². The minimum absolute atomic E-state index is 0.102. The highest BCUT2D eigenvalue weighted by molar-refractivity contribution is 9.10. The average Bonchev–Trinajstić information content (AvgIpc) is 2.08. The third-order valence-electron chi connectivity index (χ3n) is 2.15. The smallest absolute Gasteiger partial charge is 0.176 e. The molecule has 0 N–H and O–H groups in total. The molecule has 0 saturated heterocycles. The number of ketones is 1. The van der Waals surface area contributed by atoms with Crippen molar-refractivity contribution < 1.29 is 4.79 Å². The maximum atomic E-state index is 11.6. The van der Waals surface area contributed by atoms with Gasteiger partial charge in [0.15, 0.2) is 5.78 Å². The Hall–Kier alpha value is -0.630. The van der Waals surface area contributed by atoms with Gasteiger partial charge in [-0.25, -0.2) is 0 Å². The zero-order valence-electron chi connectivity index (χ0n) is 8.10. The molecule has 0 fully saturated rings. The molecule has 0 aliphatic heterocycles. The number of benzene rings is 1. The molecule has 1 nitrogen and oxygen atoms in total. The van der Waals surface area contributed by atoms with Crippen molar-refractivity contribution in [1.29, 1.82) is 0 Å². The molecular formula is C11H13BrO. The molecule has 0 heterocycles. The van der Waals surface area contributed by atoms with Crippen LogP contribution in [-0.4, -0.2) is 10.6 Å². The van der Waals surface area contributed by atoms with E-state index in [-0.39, 0.29) is 10.6 Å². The predicted molar refractivity (Wildman–Crippen MR) is 58.6 cm³/mol. The fourth-order valence-electron chi connectivity index (χ4n) is 1.12. The van der Waals surface area contributed by atoms with Crippen molar-refractivity contribution in [1.82, 2.24) is 0 Å². The fraction of sp³-hybridized carbons (Fsp3) is 0.364. The number of rotatable bonds is 2. The number of carbonyl (C=O) groups excluding carboxylic acids is 1. The van der Waals surface area contributed by atoms with Gasteiger partial charge >= 0.3 is 0 Å². The van der Waals surface area contributed by atoms with Crippen LogP contribution < -0.4 is 0 Å². The van der Waals surface area contributed by atoms with Crippen molar-refractivity contribution in [3.8, 4) is 0 Å². The van der Waals surface area contributed by atoms with E-state index in [1.54, 1.807) is 0 Å². The molecule has 0 aliphatic rings. The summed E-state index contributed by atoms with van der Waals surface area (Å²) >= 11 is 3.27. The molecule has 13 heavy (non-hydrogen) atoms. The van der Waals surface area contributed by atoms with Gasteiger partial charge in [-0.3, -0.25) is 4.79 Å². The molecule has 0 amide bonds. The van der Waals surface area contributed by atoms with Gasteiger partial charge in [0.25, 0.3) is 0 Å². The monoisotopic (exact) mass is 240 g/mol. The lowest BCUT2D eigenvalue weighted by molar-refractivity contribution is 0.0996. The second-order valence-electron chi connectivity index (χ2n) is 3.28. The molecule has 0 spiro atoms. The highest BCUT2D eigenvalue weighted by Crippen LogP contribution is 2.14. The van der Waals surface area contributed by atoms with Crippen molar-refractivity contribution in [2.24, 2.45) is 0 Å². The van der Waals surface area contributed by atoms with Gasteiger partial charge in [-0.15, -0.1) is 0 Å². The Kier molecular flexibility index (Phi) is 3.26. The number of hydrogen-bond acceptors (Lipinski definition) is 1. The van der Waals surface area contributed by atoms with E-state index in [1.165, 1.54) is 11.1 Å². The topological polar surface area (TPSA) is 17.1 Å². The summed E-state index contributed by atoms with van der Waals surface area (Å²) in [5.41, 5.74) is 3.17. The Morgan fingerprint density at radius 1 is 1.31 bits per heavy atom. The van der Waals surface area contributed by atoms with E-state index in [2.05, 4.69) is 15.9 Å². The third kappa shape index (κ3) is 2.41. The number of aryl methyl sites for hydroxylation is 2. The Morgan fingerprint density at radius 3 is 2.38 bits per heavy atom. The lowest BCUT2D eigenvalue weighted by atomic mass is 10.0. The molecule has 0 aliphatic carbocycles. The minimum Gasteiger partial charge on any atom is -0.293 e. The van der Waals surface area contributed by atoms with Crippen molar-refractivity contribution >= 4 is 21.7 Å². The number of hydrogen-bond donors (Lipinski definition) is 0. The molecule has 0 bridgehead atoms. The summed E-state index contributed by atoms with van der Waals surface area (Å²) in [5, 5.41) is 0. The van der Waals surface area contributed by atoms with Crippen molar-refractivity contribution in [2.75, 3.05) is 0 Å². The van der Waals surface area contributed by atoms with E-state index in [0.29, 0.717) is 0 Å². The maximum absolute atomic E-state index is 11.6. The van der Waals surface area contributed by atoms with Gasteiger partial charge in [-0.05, 0) is 38.0 Å². The largest absolute Gasteiger partial charge is 0.293 e. The lowest BCUT2D eigenvalue weighted by Crippen LogP contribution is -2.10. The summed E-state index contributed by atoms with van der Waals surface area (Å²) in [4.78, 5) is 11.5. The van der Waals surface area contributed by atoms with Crippen LogP contribution in [0.1, 0.15) is 28.4 Å². The summed E-state index contributed by atoms with van der Waals surface area (Å²) in [7, 11) is 0. The van der Waals surface area contributed by atoms with Crippen LogP contribution in [0.25, 0.3) is 0 Å². The van der Waals surface area contributed by atoms with E-state index in [9.17, 15) is 4.79 Å². The standard InChI is InChI=1S/C11H13BrO/c1-7-4-5-10(6-8(7)2)11(13)9(3)12/h4-6,9H,1-3H3/t9-/m0/s1. The summed E-state index contributed by atoms with van der Waals surface area (Å²) in [6.45, 7) is 5.91. The second kappa shape index (κ2) is 4.05. The zero-order valence-corrected chi connectivity index (χ0v) is 9.68. The maximum Gasteiger partial charge on any atom is 0.176 e. The van der Waals surface area contributed by atoms with Crippen LogP contribution in [0.4, 0.5) is 0 Å². The van der Waals surface area contributed by atoms with Crippen LogP contribution in [0.5, 0.6) is 0 Å². The molecule has 0 saturated carbocycles. The molecule has 1 aromatic carbocycles. The molecule has 0 unspecified atom stereocenters. The Morgan fingerprint density at radius 2 is 1.92 bits per heavy atom. The van der Waals surface area contributed by atoms with Crippen molar-refractivity contribution in [2.45, 2.75) is 25.6 Å². The van der Waals surface area contributed by atoms with E-state index in [0.717, 1.165) is 5.56 Å². The van der Waals surface area contributed by atoms with Gasteiger partial charge in [0.2, 0.25) is 0 Å². The van der Waals surface area contributed by atoms with E-state index in [4.69, 9.17) is 0 Å². The SMILES string of the molecule is Cc1ccc(C(=O)[C@H](C)Br)cc1C. The number of halogens is 1. The highest BCUT2D eigenvalue weighted by Gasteiger charge is 2.11. The molecule has 1 aromatic rings. The normalized spacial score (nSPS) is 12.6. The average molecular weight is 241 g/mol. The van der Waals surface area contributed by atoms with Crippen LogP contribution in [-0.2, 0) is 0 Å². The van der Waals surface area contributed by atoms with Crippen LogP contribution in [0, 0.1) is 13.8 Å². The molecule has 1 atom stereocenters. The minimum atomic E-state index is -0.102. The molecule has 2 heteroatoms. The van der Waals surface area contributed by atoms with Gasteiger partial charge < -0.3 is 0 Å². The summed E-state index contributed by atoms with van der Waals surface area (Å²) < 4.78 is 0. The quantitative estimate of drug-likeness (QED) is 0.573. The summed E-state index contributed by atoms with van der Waals surface area (Å²) in [6.07, 6.45) is 0. The molecular weight excluding hydrogens is 228 g/mol. The summed E-state index contributed by atoms with van der Waals surface area (Å²) in [6, 6.07) is 5.80. The van der Waals surface area contributed by atoms with Crippen molar-refractivity contribution in [3.63, 3.8) is 0 Å². The first-order chi connectivity index (χ1) is 6.02. The number of Topliss-reactive ketones (excluding diaryl/α,β-unsaturated/α-hetero) is 1. The Balaban J connectivity index is 3.04. The number of carbonyl (C=O) groups is 1. The first kappa shape index (κ1) is 10.5. The molecule has 0 aromatic heterocycles. The lowest BCUT2D eigenvalue weighted by Gasteiger charge is -2.05. The highest BCUT2D eigenvalue weighted by atomic mass is 79.9. The first-order valence-corrected chi connectivity index (χ1v) is 5.19. The van der Waals surface area contributed by atoms with Crippen LogP contribution in [0.2, 0.25) is 0 Å². The fourth-order valence-corrected chi connectivity index (χ4v) is 1.39. The van der Waals surface area contributed by atoms with E-state index < -0.39 is 0 Å². The third-order valence-corrected chi connectivity index (χ3v) is 2.57. The van der Waals surface area contributed by atoms with Gasteiger partial charge in [0.05, 0.1) is 4.83 Å². The Labute approximate surface area is 87.3 Å². The first-order valence-electron chi connectivity index (χ1n) is 4.28. The summed E-state index contributed by atoms with van der Waals surface area (Å²) in [5.74, 6) is 0.142. The molecule has 70 valence electrons.